The van der Waals surface area contributed by atoms with Gasteiger partial charge in [-0.05, 0) is 42.0 Å². The van der Waals surface area contributed by atoms with Crippen molar-refractivity contribution in [3.05, 3.63) is 101 Å². The summed E-state index contributed by atoms with van der Waals surface area (Å²) in [5.74, 6) is -1.98. The molecule has 36 heavy (non-hydrogen) atoms. The standard InChI is InChI=1S/C26H24ClN3O6/c27-20-11-13-21(14-12-20)35-16-23(31)29-30-24(32)17-36-25(33)15-22(18-7-3-1-4-8-18)28-26(34)19-9-5-2-6-10-19/h1-14,22H,15-17H2,(H,28,34)(H,29,31)(H,30,32). The Kier molecular flexibility index (Phi) is 9.84. The van der Waals surface area contributed by atoms with Crippen LogP contribution in [0.5, 0.6) is 5.75 Å². The highest BCUT2D eigenvalue weighted by Gasteiger charge is 2.20. The van der Waals surface area contributed by atoms with Crippen molar-refractivity contribution >= 4 is 35.3 Å². The molecule has 0 aliphatic heterocycles. The number of ether oxygens (including phenoxy) is 2. The molecule has 3 rings (SSSR count). The van der Waals surface area contributed by atoms with Gasteiger partial charge in [0, 0.05) is 10.6 Å². The predicted octanol–water partition coefficient (Wildman–Crippen LogP) is 2.97. The molecule has 0 fully saturated rings. The Balaban J connectivity index is 1.44. The van der Waals surface area contributed by atoms with E-state index in [1.165, 1.54) is 0 Å². The quantitative estimate of drug-likeness (QED) is 0.285. The predicted molar refractivity (Wildman–Crippen MR) is 132 cm³/mol. The van der Waals surface area contributed by atoms with E-state index in [0.717, 1.165) is 0 Å². The smallest absolute Gasteiger partial charge is 0.308 e. The lowest BCUT2D eigenvalue weighted by Crippen LogP contribution is -2.45. The molecule has 1 unspecified atom stereocenters. The Morgan fingerprint density at radius 2 is 1.33 bits per heavy atom. The normalized spacial score (nSPS) is 11.0. The summed E-state index contributed by atoms with van der Waals surface area (Å²) < 4.78 is 10.3. The number of rotatable bonds is 10. The van der Waals surface area contributed by atoms with Crippen LogP contribution in [0.1, 0.15) is 28.4 Å². The third-order valence-electron chi connectivity index (χ3n) is 4.80. The molecule has 0 saturated heterocycles. The van der Waals surface area contributed by atoms with E-state index in [1.54, 1.807) is 78.9 Å². The van der Waals surface area contributed by atoms with Crippen LogP contribution in [0.15, 0.2) is 84.9 Å². The van der Waals surface area contributed by atoms with E-state index >= 15 is 0 Å². The highest BCUT2D eigenvalue weighted by atomic mass is 35.5. The van der Waals surface area contributed by atoms with Gasteiger partial charge in [-0.15, -0.1) is 0 Å². The first-order chi connectivity index (χ1) is 17.4. The Hall–Kier alpha value is -4.37. The molecule has 0 heterocycles. The monoisotopic (exact) mass is 509 g/mol. The van der Waals surface area contributed by atoms with Gasteiger partial charge in [-0.1, -0.05) is 60.1 Å². The van der Waals surface area contributed by atoms with Gasteiger partial charge in [0.15, 0.2) is 13.2 Å². The Morgan fingerprint density at radius 3 is 1.97 bits per heavy atom. The molecule has 1 atom stereocenters. The van der Waals surface area contributed by atoms with Crippen LogP contribution in [0.2, 0.25) is 5.02 Å². The molecule has 186 valence electrons. The molecule has 0 saturated carbocycles. The van der Waals surface area contributed by atoms with Crippen LogP contribution in [0, 0.1) is 0 Å². The van der Waals surface area contributed by atoms with Crippen molar-refractivity contribution in [2.75, 3.05) is 13.2 Å². The number of hydrogen-bond acceptors (Lipinski definition) is 6. The largest absolute Gasteiger partial charge is 0.484 e. The van der Waals surface area contributed by atoms with Crippen molar-refractivity contribution < 1.29 is 28.7 Å². The fourth-order valence-electron chi connectivity index (χ4n) is 3.03. The second-order valence-corrected chi connectivity index (χ2v) is 7.94. The molecule has 0 aliphatic carbocycles. The molecule has 0 bridgehead atoms. The minimum absolute atomic E-state index is 0.197. The molecule has 3 aromatic carbocycles. The van der Waals surface area contributed by atoms with Gasteiger partial charge in [-0.3, -0.25) is 30.0 Å². The number of benzene rings is 3. The van der Waals surface area contributed by atoms with E-state index in [9.17, 15) is 19.2 Å². The van der Waals surface area contributed by atoms with Crippen LogP contribution >= 0.6 is 11.6 Å². The van der Waals surface area contributed by atoms with Gasteiger partial charge < -0.3 is 14.8 Å². The van der Waals surface area contributed by atoms with Crippen molar-refractivity contribution in [1.82, 2.24) is 16.2 Å². The van der Waals surface area contributed by atoms with Gasteiger partial charge in [0.05, 0.1) is 12.5 Å². The first-order valence-electron chi connectivity index (χ1n) is 10.9. The molecule has 3 aromatic rings. The van der Waals surface area contributed by atoms with Crippen LogP contribution in [0.3, 0.4) is 0 Å². The van der Waals surface area contributed by atoms with E-state index in [0.29, 0.717) is 21.9 Å². The van der Waals surface area contributed by atoms with Gasteiger partial charge in [-0.25, -0.2) is 0 Å². The number of hydrogen-bond donors (Lipinski definition) is 3. The molecular weight excluding hydrogens is 486 g/mol. The van der Waals surface area contributed by atoms with Gasteiger partial charge in [0.25, 0.3) is 17.7 Å². The van der Waals surface area contributed by atoms with Crippen LogP contribution < -0.4 is 20.9 Å². The van der Waals surface area contributed by atoms with Crippen molar-refractivity contribution in [1.29, 1.82) is 0 Å². The zero-order valence-corrected chi connectivity index (χ0v) is 19.9. The summed E-state index contributed by atoms with van der Waals surface area (Å²) in [6, 6.07) is 23.3. The van der Waals surface area contributed by atoms with Gasteiger partial charge in [0.1, 0.15) is 5.75 Å². The van der Waals surface area contributed by atoms with Crippen LogP contribution in [-0.2, 0) is 19.1 Å². The van der Waals surface area contributed by atoms with Gasteiger partial charge >= 0.3 is 5.97 Å². The molecule has 9 nitrogen and oxygen atoms in total. The molecular formula is C26H24ClN3O6. The second kappa shape index (κ2) is 13.5. The van der Waals surface area contributed by atoms with Crippen molar-refractivity contribution in [2.24, 2.45) is 0 Å². The summed E-state index contributed by atoms with van der Waals surface area (Å²) in [6.45, 7) is -0.965. The maximum absolute atomic E-state index is 12.6. The van der Waals surface area contributed by atoms with Gasteiger partial charge in [-0.2, -0.15) is 0 Å². The third-order valence-corrected chi connectivity index (χ3v) is 5.06. The fraction of sp³-hybridized carbons (Fsp3) is 0.154. The SMILES string of the molecule is O=C(COC(=O)CC(NC(=O)c1ccccc1)c1ccccc1)NNC(=O)COc1ccc(Cl)cc1. The summed E-state index contributed by atoms with van der Waals surface area (Å²) in [5.41, 5.74) is 5.45. The number of carbonyl (C=O) groups is 4. The molecule has 3 N–H and O–H groups in total. The molecule has 0 aromatic heterocycles. The average Bonchev–Trinajstić information content (AvgIpc) is 2.91. The Labute approximate surface area is 212 Å². The molecule has 3 amide bonds. The first-order valence-corrected chi connectivity index (χ1v) is 11.3. The number of halogens is 1. The molecule has 10 heteroatoms. The number of nitrogens with one attached hydrogen (secondary N) is 3. The highest BCUT2D eigenvalue weighted by Crippen LogP contribution is 2.18. The van der Waals surface area contributed by atoms with Crippen molar-refractivity contribution in [3.8, 4) is 5.75 Å². The summed E-state index contributed by atoms with van der Waals surface area (Å²) in [6.07, 6.45) is -0.197. The van der Waals surface area contributed by atoms with Crippen LogP contribution in [0.25, 0.3) is 0 Å². The number of amides is 3. The first kappa shape index (κ1) is 26.2. The summed E-state index contributed by atoms with van der Waals surface area (Å²) in [4.78, 5) is 48.8. The molecule has 0 radical (unpaired) electrons. The number of esters is 1. The topological polar surface area (TPSA) is 123 Å². The average molecular weight is 510 g/mol. The molecule has 0 spiro atoms. The van der Waals surface area contributed by atoms with E-state index in [1.807, 2.05) is 6.07 Å². The van der Waals surface area contributed by atoms with Gasteiger partial charge in [0.2, 0.25) is 0 Å². The molecule has 0 aliphatic rings. The van der Waals surface area contributed by atoms with Crippen molar-refractivity contribution in [2.45, 2.75) is 12.5 Å². The summed E-state index contributed by atoms with van der Waals surface area (Å²) >= 11 is 5.78. The van der Waals surface area contributed by atoms with Crippen LogP contribution in [0.4, 0.5) is 0 Å². The Morgan fingerprint density at radius 1 is 0.750 bits per heavy atom. The minimum atomic E-state index is -0.743. The number of hydrazine groups is 1. The number of carbonyl (C=O) groups excluding carboxylic acids is 4. The maximum atomic E-state index is 12.6. The third kappa shape index (κ3) is 8.77. The van der Waals surface area contributed by atoms with E-state index in [2.05, 4.69) is 16.2 Å². The lowest BCUT2D eigenvalue weighted by Gasteiger charge is -2.19. The fourth-order valence-corrected chi connectivity index (χ4v) is 3.16. The second-order valence-electron chi connectivity index (χ2n) is 7.51. The highest BCUT2D eigenvalue weighted by molar-refractivity contribution is 6.30. The van der Waals surface area contributed by atoms with E-state index in [-0.39, 0.29) is 18.9 Å². The Bertz CT molecular complexity index is 1170. The van der Waals surface area contributed by atoms with Crippen LogP contribution in [-0.4, -0.2) is 36.9 Å². The lowest BCUT2D eigenvalue weighted by atomic mass is 10.0. The zero-order valence-electron chi connectivity index (χ0n) is 19.1. The van der Waals surface area contributed by atoms with E-state index < -0.39 is 30.4 Å². The van der Waals surface area contributed by atoms with Crippen molar-refractivity contribution in [3.63, 3.8) is 0 Å². The minimum Gasteiger partial charge on any atom is -0.484 e. The lowest BCUT2D eigenvalue weighted by molar-refractivity contribution is -0.149. The van der Waals surface area contributed by atoms with E-state index in [4.69, 9.17) is 21.1 Å². The summed E-state index contributed by atoms with van der Waals surface area (Å²) in [5, 5.41) is 3.35. The summed E-state index contributed by atoms with van der Waals surface area (Å²) in [7, 11) is 0. The zero-order chi connectivity index (χ0) is 25.8. The maximum Gasteiger partial charge on any atom is 0.308 e.